The number of fused-ring (bicyclic) bond motifs is 1. The minimum Gasteiger partial charge on any atom is -0.376 e. The summed E-state index contributed by atoms with van der Waals surface area (Å²) in [6, 6.07) is 8.23. The summed E-state index contributed by atoms with van der Waals surface area (Å²) in [7, 11) is 1.67. The number of rotatable bonds is 7. The van der Waals surface area contributed by atoms with Gasteiger partial charge in [0.25, 0.3) is 0 Å². The minimum atomic E-state index is -0.832. The van der Waals surface area contributed by atoms with E-state index in [1.165, 1.54) is 4.90 Å². The van der Waals surface area contributed by atoms with Crippen molar-refractivity contribution in [2.24, 2.45) is 0 Å². The maximum Gasteiger partial charge on any atom is 0.225 e. The minimum absolute atomic E-state index is 0. The first kappa shape index (κ1) is 19.0. The molecule has 1 heterocycles. The highest BCUT2D eigenvalue weighted by Crippen LogP contribution is 2.51. The van der Waals surface area contributed by atoms with E-state index in [0.29, 0.717) is 19.8 Å². The van der Waals surface area contributed by atoms with Crippen molar-refractivity contribution < 1.29 is 14.2 Å². The number of hydrogen-bond acceptors (Lipinski definition) is 5. The van der Waals surface area contributed by atoms with Gasteiger partial charge < -0.3 is 19.5 Å². The molecule has 1 aliphatic rings. The van der Waals surface area contributed by atoms with E-state index in [4.69, 9.17) is 14.2 Å². The SMILES string of the molecule is CCOCC(OC)(OCC)C1(C)Nc2ccccc2S1.I. The third-order valence-electron chi connectivity index (χ3n) is 3.50. The molecule has 1 aromatic rings. The van der Waals surface area contributed by atoms with Gasteiger partial charge in [0.2, 0.25) is 5.79 Å². The van der Waals surface area contributed by atoms with Crippen LogP contribution < -0.4 is 5.32 Å². The molecule has 2 rings (SSSR count). The standard InChI is InChI=1S/C15H23NO3S.HI/c1-5-18-11-15(17-4,19-6-2)14(3)16-12-9-7-8-10-13(12)20-14;/h7-10,16H,5-6,11H2,1-4H3;1H. The molecule has 1 aromatic carbocycles. The van der Waals surface area contributed by atoms with Gasteiger partial charge in [-0.15, -0.1) is 24.0 Å². The van der Waals surface area contributed by atoms with Crippen LogP contribution in [0.2, 0.25) is 0 Å². The number of nitrogens with one attached hydrogen (secondary N) is 1. The quantitative estimate of drug-likeness (QED) is 0.529. The fraction of sp³-hybridized carbons (Fsp3) is 0.600. The van der Waals surface area contributed by atoms with E-state index in [-0.39, 0.29) is 24.0 Å². The number of methoxy groups -OCH3 is 1. The van der Waals surface area contributed by atoms with E-state index in [1.807, 2.05) is 26.0 Å². The van der Waals surface area contributed by atoms with E-state index in [1.54, 1.807) is 18.9 Å². The van der Waals surface area contributed by atoms with Crippen LogP contribution in [0, 0.1) is 0 Å². The Morgan fingerprint density at radius 2 is 1.95 bits per heavy atom. The van der Waals surface area contributed by atoms with Crippen molar-refractivity contribution in [1.29, 1.82) is 0 Å². The zero-order valence-corrected chi connectivity index (χ0v) is 16.1. The lowest BCUT2D eigenvalue weighted by Gasteiger charge is -2.43. The highest BCUT2D eigenvalue weighted by molar-refractivity contribution is 14.0. The third-order valence-corrected chi connectivity index (χ3v) is 4.90. The van der Waals surface area contributed by atoms with Gasteiger partial charge in [0.05, 0.1) is 0 Å². The Bertz CT molecular complexity index is 435. The molecule has 4 nitrogen and oxygen atoms in total. The predicted octanol–water partition coefficient (Wildman–Crippen LogP) is 3.95. The van der Waals surface area contributed by atoms with Gasteiger partial charge in [-0.3, -0.25) is 0 Å². The van der Waals surface area contributed by atoms with E-state index in [0.717, 1.165) is 5.69 Å². The molecule has 0 spiro atoms. The second-order valence-electron chi connectivity index (χ2n) is 4.78. The molecule has 1 N–H and O–H groups in total. The fourth-order valence-electron chi connectivity index (χ4n) is 2.43. The molecule has 1 aliphatic heterocycles. The van der Waals surface area contributed by atoms with Crippen molar-refractivity contribution in [2.75, 3.05) is 32.2 Å². The highest BCUT2D eigenvalue weighted by Gasteiger charge is 2.54. The molecule has 2 atom stereocenters. The molecule has 0 amide bonds. The average molecular weight is 425 g/mol. The number of hydrogen-bond donors (Lipinski definition) is 1. The van der Waals surface area contributed by atoms with Crippen LogP contribution in [-0.4, -0.2) is 37.6 Å². The molecule has 21 heavy (non-hydrogen) atoms. The van der Waals surface area contributed by atoms with E-state index < -0.39 is 10.7 Å². The molecule has 0 aliphatic carbocycles. The van der Waals surface area contributed by atoms with E-state index in [9.17, 15) is 0 Å². The maximum absolute atomic E-state index is 5.97. The first-order valence-electron chi connectivity index (χ1n) is 6.94. The van der Waals surface area contributed by atoms with Crippen molar-refractivity contribution in [3.05, 3.63) is 24.3 Å². The first-order chi connectivity index (χ1) is 9.61. The monoisotopic (exact) mass is 425 g/mol. The van der Waals surface area contributed by atoms with Gasteiger partial charge in [-0.25, -0.2) is 0 Å². The Labute approximate surface area is 148 Å². The number of benzene rings is 1. The van der Waals surface area contributed by atoms with Crippen LogP contribution in [-0.2, 0) is 14.2 Å². The Morgan fingerprint density at radius 3 is 2.52 bits per heavy atom. The third kappa shape index (κ3) is 3.67. The van der Waals surface area contributed by atoms with Crippen LogP contribution in [0.25, 0.3) is 0 Å². The lowest BCUT2D eigenvalue weighted by molar-refractivity contribution is -0.258. The molecule has 0 aromatic heterocycles. The van der Waals surface area contributed by atoms with Crippen LogP contribution in [0.1, 0.15) is 20.8 Å². The molecular weight excluding hydrogens is 401 g/mol. The molecule has 6 heteroatoms. The second-order valence-corrected chi connectivity index (χ2v) is 6.24. The Kier molecular flexibility index (Phi) is 7.26. The summed E-state index contributed by atoms with van der Waals surface area (Å²) in [6.45, 7) is 7.61. The van der Waals surface area contributed by atoms with Gasteiger partial charge in [-0.05, 0) is 32.9 Å². The fourth-order valence-corrected chi connectivity index (χ4v) is 3.77. The largest absolute Gasteiger partial charge is 0.376 e. The van der Waals surface area contributed by atoms with Crippen LogP contribution in [0.4, 0.5) is 5.69 Å². The number of ether oxygens (including phenoxy) is 3. The van der Waals surface area contributed by atoms with Gasteiger partial charge in [-0.2, -0.15) is 0 Å². The topological polar surface area (TPSA) is 39.7 Å². The summed E-state index contributed by atoms with van der Waals surface area (Å²) in [4.78, 5) is 0.768. The predicted molar refractivity (Wildman–Crippen MR) is 97.6 cm³/mol. The van der Waals surface area contributed by atoms with Crippen molar-refractivity contribution in [3.63, 3.8) is 0 Å². The second kappa shape index (κ2) is 8.01. The molecule has 120 valence electrons. The molecule has 0 bridgehead atoms. The van der Waals surface area contributed by atoms with Gasteiger partial charge in [0.1, 0.15) is 11.5 Å². The van der Waals surface area contributed by atoms with Crippen molar-refractivity contribution in [2.45, 2.75) is 36.3 Å². The van der Waals surface area contributed by atoms with Gasteiger partial charge in [0.15, 0.2) is 0 Å². The van der Waals surface area contributed by atoms with Crippen molar-refractivity contribution >= 4 is 41.4 Å². The number of thioether (sulfide) groups is 1. The van der Waals surface area contributed by atoms with Crippen LogP contribution in [0.5, 0.6) is 0 Å². The summed E-state index contributed by atoms with van der Waals surface area (Å²) in [5.41, 5.74) is 1.11. The van der Waals surface area contributed by atoms with Gasteiger partial charge in [-0.1, -0.05) is 23.9 Å². The van der Waals surface area contributed by atoms with E-state index in [2.05, 4.69) is 24.4 Å². The molecule has 0 radical (unpaired) electrons. The normalized spacial score (nSPS) is 22.9. The smallest absolute Gasteiger partial charge is 0.225 e. The summed E-state index contributed by atoms with van der Waals surface area (Å²) >= 11 is 1.72. The number of halogens is 1. The number of anilines is 1. The first-order valence-corrected chi connectivity index (χ1v) is 7.75. The average Bonchev–Trinajstić information content (AvgIpc) is 2.81. The van der Waals surface area contributed by atoms with Gasteiger partial charge in [0, 0.05) is 30.9 Å². The maximum atomic E-state index is 5.97. The molecule has 2 unspecified atom stereocenters. The Hall–Kier alpha value is -0.0200. The molecule has 0 saturated heterocycles. The van der Waals surface area contributed by atoms with Crippen LogP contribution in [0.15, 0.2) is 29.2 Å². The summed E-state index contributed by atoms with van der Waals surface area (Å²) in [6.07, 6.45) is 0. The Balaban J connectivity index is 0.00000220. The van der Waals surface area contributed by atoms with Crippen molar-refractivity contribution in [3.8, 4) is 0 Å². The molecule has 0 fully saturated rings. The van der Waals surface area contributed by atoms with E-state index >= 15 is 0 Å². The molecular formula is C15H24INO3S. The zero-order valence-electron chi connectivity index (χ0n) is 13.0. The lowest BCUT2D eigenvalue weighted by atomic mass is 10.1. The zero-order chi connectivity index (χ0) is 14.6. The highest BCUT2D eigenvalue weighted by atomic mass is 127. The lowest BCUT2D eigenvalue weighted by Crippen LogP contribution is -2.59. The summed E-state index contributed by atoms with van der Waals surface area (Å²) in [5.74, 6) is -0.832. The summed E-state index contributed by atoms with van der Waals surface area (Å²) in [5, 5.41) is 3.53. The van der Waals surface area contributed by atoms with Gasteiger partial charge >= 0.3 is 0 Å². The molecule has 0 saturated carbocycles. The van der Waals surface area contributed by atoms with Crippen molar-refractivity contribution in [1.82, 2.24) is 0 Å². The number of para-hydroxylation sites is 1. The Morgan fingerprint density at radius 1 is 1.24 bits per heavy atom. The van der Waals surface area contributed by atoms with Crippen LogP contribution >= 0.6 is 35.7 Å². The van der Waals surface area contributed by atoms with Crippen LogP contribution in [0.3, 0.4) is 0 Å². The summed E-state index contributed by atoms with van der Waals surface area (Å²) < 4.78 is 17.4.